The second kappa shape index (κ2) is 5.70. The van der Waals surface area contributed by atoms with Crippen molar-refractivity contribution < 1.29 is 4.79 Å². The van der Waals surface area contributed by atoms with E-state index in [1.807, 2.05) is 24.3 Å². The quantitative estimate of drug-likeness (QED) is 0.847. The number of aromatic amines is 1. The van der Waals surface area contributed by atoms with E-state index in [1.54, 1.807) is 0 Å². The first-order valence-corrected chi connectivity index (χ1v) is 10.8. The van der Waals surface area contributed by atoms with Crippen molar-refractivity contribution >= 4 is 46.4 Å². The predicted octanol–water partition coefficient (Wildman–Crippen LogP) is 4.11. The van der Waals surface area contributed by atoms with Crippen LogP contribution in [-0.2, 0) is 4.79 Å². The number of amides is 1. The molecule has 1 aromatic heterocycles. The largest absolute Gasteiger partial charge is 0.324 e. The highest BCUT2D eigenvalue weighted by Crippen LogP contribution is 2.65. The molecule has 1 aromatic carbocycles. The lowest BCUT2D eigenvalue weighted by Gasteiger charge is -2.42. The molecule has 1 spiro atoms. The van der Waals surface area contributed by atoms with Crippen molar-refractivity contribution in [2.24, 2.45) is 17.8 Å². The normalized spacial score (nSPS) is 30.9. The number of H-pyrrole nitrogens is 1. The first kappa shape index (κ1) is 15.1. The summed E-state index contributed by atoms with van der Waals surface area (Å²) in [6, 6.07) is 7.88. The second-order valence-electron chi connectivity index (χ2n) is 7.15. The van der Waals surface area contributed by atoms with Gasteiger partial charge in [0.2, 0.25) is 11.9 Å². The molecule has 1 amide bonds. The highest BCUT2D eigenvalue weighted by Gasteiger charge is 2.57. The van der Waals surface area contributed by atoms with Gasteiger partial charge in [-0.15, -0.1) is 23.5 Å². The summed E-state index contributed by atoms with van der Waals surface area (Å²) in [5.74, 6) is 4.86. The molecule has 2 atom stereocenters. The van der Waals surface area contributed by atoms with E-state index in [9.17, 15) is 4.79 Å². The molecule has 5 rings (SSSR count). The van der Waals surface area contributed by atoms with Gasteiger partial charge in [-0.1, -0.05) is 12.1 Å². The molecule has 2 saturated carbocycles. The molecule has 24 heavy (non-hydrogen) atoms. The van der Waals surface area contributed by atoms with Crippen LogP contribution >= 0.6 is 23.5 Å². The fourth-order valence-electron chi connectivity index (χ4n) is 4.85. The third-order valence-electron chi connectivity index (χ3n) is 5.88. The van der Waals surface area contributed by atoms with Crippen molar-refractivity contribution in [1.29, 1.82) is 0 Å². The number of hydrogen-bond donors (Lipinski definition) is 2. The van der Waals surface area contributed by atoms with Gasteiger partial charge in [0.25, 0.3) is 0 Å². The van der Waals surface area contributed by atoms with Crippen LogP contribution < -0.4 is 5.32 Å². The Morgan fingerprint density at radius 1 is 1.17 bits per heavy atom. The molecule has 6 heteroatoms. The minimum absolute atomic E-state index is 0.142. The van der Waals surface area contributed by atoms with Crippen LogP contribution in [0, 0.1) is 17.8 Å². The zero-order valence-electron chi connectivity index (χ0n) is 13.5. The third kappa shape index (κ3) is 2.30. The number of hydrogen-bond acceptors (Lipinski definition) is 4. The van der Waals surface area contributed by atoms with Crippen LogP contribution in [0.2, 0.25) is 0 Å². The van der Waals surface area contributed by atoms with Gasteiger partial charge in [-0.05, 0) is 49.7 Å². The molecule has 0 radical (unpaired) electrons. The molecule has 3 aliphatic rings. The van der Waals surface area contributed by atoms with Crippen molar-refractivity contribution in [2.45, 2.75) is 29.8 Å². The zero-order chi connectivity index (χ0) is 16.1. The maximum atomic E-state index is 12.8. The van der Waals surface area contributed by atoms with Gasteiger partial charge >= 0.3 is 0 Å². The van der Waals surface area contributed by atoms with Gasteiger partial charge in [0, 0.05) is 17.4 Å². The number of para-hydroxylation sites is 2. The van der Waals surface area contributed by atoms with Gasteiger partial charge in [-0.3, -0.25) is 10.1 Å². The van der Waals surface area contributed by atoms with E-state index < -0.39 is 0 Å². The maximum absolute atomic E-state index is 12.8. The molecule has 126 valence electrons. The van der Waals surface area contributed by atoms with Crippen LogP contribution in [0.4, 0.5) is 5.95 Å². The van der Waals surface area contributed by atoms with Gasteiger partial charge in [0.15, 0.2) is 0 Å². The molecule has 2 aliphatic carbocycles. The zero-order valence-corrected chi connectivity index (χ0v) is 15.1. The smallest absolute Gasteiger partial charge is 0.229 e. The number of thioether (sulfide) groups is 2. The maximum Gasteiger partial charge on any atom is 0.229 e. The molecule has 2 bridgehead atoms. The molecule has 2 heterocycles. The van der Waals surface area contributed by atoms with Gasteiger partial charge in [-0.2, -0.15) is 0 Å². The average molecular weight is 360 g/mol. The summed E-state index contributed by atoms with van der Waals surface area (Å²) in [7, 11) is 0. The number of anilines is 1. The predicted molar refractivity (Wildman–Crippen MR) is 101 cm³/mol. The SMILES string of the molecule is O=C(Nc1nc2ccccc2[nH]1)C1CC2CCC(C1)C21SCCS1. The summed E-state index contributed by atoms with van der Waals surface area (Å²) in [4.78, 5) is 20.5. The Morgan fingerprint density at radius 3 is 2.58 bits per heavy atom. The van der Waals surface area contributed by atoms with E-state index in [2.05, 4.69) is 38.8 Å². The number of aromatic nitrogens is 2. The average Bonchev–Trinajstić information content (AvgIpc) is 3.25. The molecule has 2 unspecified atom stereocenters. The Balaban J connectivity index is 1.32. The van der Waals surface area contributed by atoms with Crippen LogP contribution in [0.15, 0.2) is 24.3 Å². The summed E-state index contributed by atoms with van der Waals surface area (Å²) in [5, 5.41) is 3.03. The lowest BCUT2D eigenvalue weighted by Crippen LogP contribution is -2.41. The fraction of sp³-hybridized carbons (Fsp3) is 0.556. The number of carbonyl (C=O) groups excluding carboxylic acids is 1. The number of nitrogens with zero attached hydrogens (tertiary/aromatic N) is 1. The minimum atomic E-state index is 0.142. The Hall–Kier alpha value is -1.14. The van der Waals surface area contributed by atoms with Crippen molar-refractivity contribution in [3.63, 3.8) is 0 Å². The molecule has 2 N–H and O–H groups in total. The first-order valence-electron chi connectivity index (χ1n) is 8.78. The first-order chi connectivity index (χ1) is 11.7. The third-order valence-corrected chi connectivity index (χ3v) is 9.90. The van der Waals surface area contributed by atoms with E-state index in [4.69, 9.17) is 0 Å². The van der Waals surface area contributed by atoms with Crippen LogP contribution in [-0.4, -0.2) is 31.5 Å². The molecule has 1 saturated heterocycles. The molecule has 1 aliphatic heterocycles. The minimum Gasteiger partial charge on any atom is -0.324 e. The Bertz CT molecular complexity index is 734. The van der Waals surface area contributed by atoms with Gasteiger partial charge in [-0.25, -0.2) is 4.98 Å². The Kier molecular flexibility index (Phi) is 3.59. The standard InChI is InChI=1S/C18H21N3OS2/c22-16(21-17-19-14-3-1-2-4-15(14)20-17)11-9-12-5-6-13(10-11)18(12)23-7-8-24-18/h1-4,11-13H,5-10H2,(H2,19,20,21,22). The number of fused-ring (bicyclic) bond motifs is 1. The van der Waals surface area contributed by atoms with Gasteiger partial charge in [0.1, 0.15) is 0 Å². The number of imidazole rings is 1. The van der Waals surface area contributed by atoms with Crippen molar-refractivity contribution in [3.8, 4) is 0 Å². The topological polar surface area (TPSA) is 57.8 Å². The van der Waals surface area contributed by atoms with E-state index >= 15 is 0 Å². The van der Waals surface area contributed by atoms with Gasteiger partial charge < -0.3 is 4.98 Å². The molecular weight excluding hydrogens is 338 g/mol. The molecule has 2 aromatic rings. The summed E-state index contributed by atoms with van der Waals surface area (Å²) >= 11 is 4.36. The number of nitrogens with one attached hydrogen (secondary N) is 2. The molecular formula is C18H21N3OS2. The van der Waals surface area contributed by atoms with Crippen LogP contribution in [0.25, 0.3) is 11.0 Å². The Morgan fingerprint density at radius 2 is 1.88 bits per heavy atom. The van der Waals surface area contributed by atoms with Crippen LogP contribution in [0.5, 0.6) is 0 Å². The lowest BCUT2D eigenvalue weighted by molar-refractivity contribution is -0.121. The monoisotopic (exact) mass is 359 g/mol. The Labute approximate surface area is 149 Å². The summed E-state index contributed by atoms with van der Waals surface area (Å²) in [6.07, 6.45) is 4.70. The van der Waals surface area contributed by atoms with Crippen molar-refractivity contribution in [2.75, 3.05) is 16.8 Å². The van der Waals surface area contributed by atoms with E-state index in [0.29, 0.717) is 21.9 Å². The molecule has 3 fully saturated rings. The second-order valence-corrected chi connectivity index (χ2v) is 10.2. The highest BCUT2D eigenvalue weighted by molar-refractivity contribution is 8.21. The summed E-state index contributed by atoms with van der Waals surface area (Å²) in [5.41, 5.74) is 1.86. The van der Waals surface area contributed by atoms with Crippen molar-refractivity contribution in [3.05, 3.63) is 24.3 Å². The van der Waals surface area contributed by atoms with E-state index in [0.717, 1.165) is 23.9 Å². The highest BCUT2D eigenvalue weighted by atomic mass is 32.2. The summed E-state index contributed by atoms with van der Waals surface area (Å²) in [6.45, 7) is 0. The van der Waals surface area contributed by atoms with Gasteiger partial charge in [0.05, 0.1) is 15.1 Å². The molecule has 4 nitrogen and oxygen atoms in total. The van der Waals surface area contributed by atoms with E-state index in [1.165, 1.54) is 24.3 Å². The fourth-order valence-corrected chi connectivity index (χ4v) is 8.78. The van der Waals surface area contributed by atoms with E-state index in [-0.39, 0.29) is 11.8 Å². The number of carbonyl (C=O) groups is 1. The number of rotatable bonds is 2. The number of benzene rings is 1. The lowest BCUT2D eigenvalue weighted by atomic mass is 9.79. The van der Waals surface area contributed by atoms with Crippen LogP contribution in [0.1, 0.15) is 25.7 Å². The van der Waals surface area contributed by atoms with Crippen LogP contribution in [0.3, 0.4) is 0 Å². The summed E-state index contributed by atoms with van der Waals surface area (Å²) < 4.78 is 0.441. The van der Waals surface area contributed by atoms with Crippen molar-refractivity contribution in [1.82, 2.24) is 9.97 Å².